The van der Waals surface area contributed by atoms with Gasteiger partial charge < -0.3 is 19.5 Å². The Bertz CT molecular complexity index is 836. The Morgan fingerprint density at radius 3 is 2.54 bits per heavy atom. The Morgan fingerprint density at radius 1 is 1.18 bits per heavy atom. The molecular weight excluding hydrogens is 375 g/mol. The molecule has 0 bridgehead atoms. The third-order valence-corrected chi connectivity index (χ3v) is 4.67. The van der Waals surface area contributed by atoms with Crippen LogP contribution in [0.4, 0.5) is 13.2 Å². The highest BCUT2D eigenvalue weighted by atomic mass is 19.4. The van der Waals surface area contributed by atoms with Crippen LogP contribution in [0.25, 0.3) is 0 Å². The lowest BCUT2D eigenvalue weighted by Gasteiger charge is -2.33. The molecule has 1 aliphatic heterocycles. The van der Waals surface area contributed by atoms with E-state index in [0.717, 1.165) is 6.42 Å². The van der Waals surface area contributed by atoms with E-state index in [9.17, 15) is 23.1 Å². The van der Waals surface area contributed by atoms with Gasteiger partial charge in [0.2, 0.25) is 5.91 Å². The van der Waals surface area contributed by atoms with Crippen molar-refractivity contribution in [3.05, 3.63) is 53.6 Å². The molecule has 1 unspecified atom stereocenters. The Kier molecular flexibility index (Phi) is 5.67. The first kappa shape index (κ1) is 19.9. The maximum Gasteiger partial charge on any atom is 0.573 e. The van der Waals surface area contributed by atoms with Crippen LogP contribution < -0.4 is 9.47 Å². The van der Waals surface area contributed by atoms with Crippen LogP contribution in [-0.4, -0.2) is 35.9 Å². The van der Waals surface area contributed by atoms with Crippen molar-refractivity contribution in [3.8, 4) is 17.2 Å². The molecule has 5 nitrogen and oxygen atoms in total. The SMILES string of the molecule is COc1cccc(O)c1C1CCCN(Cc2ccc(OC(F)(F)F)cc2)C1=O. The Balaban J connectivity index is 1.75. The molecule has 2 aromatic carbocycles. The summed E-state index contributed by atoms with van der Waals surface area (Å²) in [5.74, 6) is -0.528. The highest BCUT2D eigenvalue weighted by Crippen LogP contribution is 2.40. The maximum absolute atomic E-state index is 13.0. The number of rotatable bonds is 5. The van der Waals surface area contributed by atoms with Gasteiger partial charge in [-0.3, -0.25) is 4.79 Å². The van der Waals surface area contributed by atoms with Crippen LogP contribution in [0.5, 0.6) is 17.2 Å². The zero-order chi connectivity index (χ0) is 20.3. The van der Waals surface area contributed by atoms with E-state index in [-0.39, 0.29) is 24.0 Å². The molecule has 1 aliphatic rings. The van der Waals surface area contributed by atoms with Crippen molar-refractivity contribution >= 4 is 5.91 Å². The summed E-state index contributed by atoms with van der Waals surface area (Å²) in [7, 11) is 1.48. The van der Waals surface area contributed by atoms with Gasteiger partial charge in [-0.05, 0) is 42.7 Å². The molecule has 1 atom stereocenters. The number of methoxy groups -OCH3 is 1. The van der Waals surface area contributed by atoms with E-state index in [2.05, 4.69) is 4.74 Å². The van der Waals surface area contributed by atoms with Crippen molar-refractivity contribution in [2.24, 2.45) is 0 Å². The van der Waals surface area contributed by atoms with E-state index in [0.29, 0.717) is 29.8 Å². The molecule has 0 spiro atoms. The van der Waals surface area contributed by atoms with Gasteiger partial charge in [-0.1, -0.05) is 18.2 Å². The fraction of sp³-hybridized carbons (Fsp3) is 0.350. The summed E-state index contributed by atoms with van der Waals surface area (Å²) >= 11 is 0. The van der Waals surface area contributed by atoms with Crippen molar-refractivity contribution in [2.75, 3.05) is 13.7 Å². The number of benzene rings is 2. The number of ether oxygens (including phenoxy) is 2. The van der Waals surface area contributed by atoms with Gasteiger partial charge in [0, 0.05) is 18.7 Å². The molecule has 1 heterocycles. The van der Waals surface area contributed by atoms with Crippen LogP contribution in [0.3, 0.4) is 0 Å². The zero-order valence-electron chi connectivity index (χ0n) is 15.2. The molecule has 0 radical (unpaired) electrons. The molecule has 1 N–H and O–H groups in total. The molecule has 28 heavy (non-hydrogen) atoms. The van der Waals surface area contributed by atoms with Crippen LogP contribution in [0.2, 0.25) is 0 Å². The van der Waals surface area contributed by atoms with E-state index in [1.807, 2.05) is 0 Å². The standard InChI is InChI=1S/C20H20F3NO4/c1-27-17-6-2-5-16(25)18(17)15-4-3-11-24(19(15)26)12-13-7-9-14(10-8-13)28-20(21,22)23/h2,5-10,15,25H,3-4,11-12H2,1H3. The topological polar surface area (TPSA) is 59.0 Å². The van der Waals surface area contributed by atoms with E-state index in [1.165, 1.54) is 37.4 Å². The average molecular weight is 395 g/mol. The monoisotopic (exact) mass is 395 g/mol. The van der Waals surface area contributed by atoms with Crippen LogP contribution in [0.1, 0.15) is 29.9 Å². The van der Waals surface area contributed by atoms with E-state index < -0.39 is 12.3 Å². The third-order valence-electron chi connectivity index (χ3n) is 4.67. The minimum Gasteiger partial charge on any atom is -0.508 e. The number of phenolic OH excluding ortho intramolecular Hbond substituents is 1. The lowest BCUT2D eigenvalue weighted by Crippen LogP contribution is -2.39. The molecular formula is C20H20F3NO4. The minimum atomic E-state index is -4.74. The van der Waals surface area contributed by atoms with Gasteiger partial charge in [-0.15, -0.1) is 13.2 Å². The lowest BCUT2D eigenvalue weighted by molar-refractivity contribution is -0.274. The van der Waals surface area contributed by atoms with Crippen LogP contribution in [0.15, 0.2) is 42.5 Å². The normalized spacial score (nSPS) is 17.5. The van der Waals surface area contributed by atoms with Gasteiger partial charge in [0.1, 0.15) is 17.2 Å². The quantitative estimate of drug-likeness (QED) is 0.824. The van der Waals surface area contributed by atoms with Gasteiger partial charge in [0.15, 0.2) is 0 Å². The Labute approximate surface area is 160 Å². The first-order chi connectivity index (χ1) is 13.3. The van der Waals surface area contributed by atoms with E-state index >= 15 is 0 Å². The highest BCUT2D eigenvalue weighted by molar-refractivity contribution is 5.86. The smallest absolute Gasteiger partial charge is 0.508 e. The summed E-state index contributed by atoms with van der Waals surface area (Å²) in [6, 6.07) is 10.3. The third kappa shape index (κ3) is 4.49. The molecule has 3 rings (SSSR count). The zero-order valence-corrected chi connectivity index (χ0v) is 15.2. The van der Waals surface area contributed by atoms with Crippen LogP contribution in [0, 0.1) is 0 Å². The maximum atomic E-state index is 13.0. The number of piperidine rings is 1. The summed E-state index contributed by atoms with van der Waals surface area (Å²) in [6.45, 7) is 0.795. The summed E-state index contributed by atoms with van der Waals surface area (Å²) in [6.07, 6.45) is -3.42. The minimum absolute atomic E-state index is 0.00759. The molecule has 0 aliphatic carbocycles. The predicted molar refractivity (Wildman–Crippen MR) is 95.2 cm³/mol. The molecule has 150 valence electrons. The van der Waals surface area contributed by atoms with Crippen LogP contribution in [-0.2, 0) is 11.3 Å². The second-order valence-electron chi connectivity index (χ2n) is 6.54. The number of hydrogen-bond donors (Lipinski definition) is 1. The molecule has 0 aromatic heterocycles. The predicted octanol–water partition coefficient (Wildman–Crippen LogP) is 4.21. The van der Waals surface area contributed by atoms with E-state index in [4.69, 9.17) is 4.74 Å². The highest BCUT2D eigenvalue weighted by Gasteiger charge is 2.34. The number of carbonyl (C=O) groups is 1. The number of aromatic hydroxyl groups is 1. The summed E-state index contributed by atoms with van der Waals surface area (Å²) < 4.78 is 45.9. The summed E-state index contributed by atoms with van der Waals surface area (Å²) in [4.78, 5) is 14.6. The first-order valence-corrected chi connectivity index (χ1v) is 8.78. The van der Waals surface area contributed by atoms with E-state index in [1.54, 1.807) is 17.0 Å². The van der Waals surface area contributed by atoms with Gasteiger partial charge in [-0.25, -0.2) is 0 Å². The second-order valence-corrected chi connectivity index (χ2v) is 6.54. The summed E-state index contributed by atoms with van der Waals surface area (Å²) in [5.41, 5.74) is 1.15. The van der Waals surface area contributed by atoms with Crippen molar-refractivity contribution in [3.63, 3.8) is 0 Å². The number of halogens is 3. The van der Waals surface area contributed by atoms with Gasteiger partial charge in [-0.2, -0.15) is 0 Å². The number of likely N-dealkylation sites (tertiary alicyclic amines) is 1. The fourth-order valence-electron chi connectivity index (χ4n) is 3.44. The molecule has 0 saturated carbocycles. The van der Waals surface area contributed by atoms with Gasteiger partial charge in [0.05, 0.1) is 13.0 Å². The van der Waals surface area contributed by atoms with Crippen molar-refractivity contribution in [2.45, 2.75) is 31.7 Å². The molecule has 8 heteroatoms. The second kappa shape index (κ2) is 8.00. The molecule has 1 fully saturated rings. The van der Waals surface area contributed by atoms with Crippen molar-refractivity contribution < 1.29 is 32.5 Å². The van der Waals surface area contributed by atoms with Crippen molar-refractivity contribution in [1.82, 2.24) is 4.90 Å². The number of hydrogen-bond acceptors (Lipinski definition) is 4. The molecule has 2 aromatic rings. The number of alkyl halides is 3. The average Bonchev–Trinajstić information content (AvgIpc) is 2.64. The Morgan fingerprint density at radius 2 is 1.89 bits per heavy atom. The lowest BCUT2D eigenvalue weighted by atomic mass is 9.88. The molecule has 1 amide bonds. The number of amides is 1. The number of nitrogens with zero attached hydrogens (tertiary/aromatic N) is 1. The van der Waals surface area contributed by atoms with Crippen molar-refractivity contribution in [1.29, 1.82) is 0 Å². The fourth-order valence-corrected chi connectivity index (χ4v) is 3.44. The molecule has 1 saturated heterocycles. The summed E-state index contributed by atoms with van der Waals surface area (Å²) in [5, 5.41) is 10.2. The number of phenols is 1. The van der Waals surface area contributed by atoms with Gasteiger partial charge in [0.25, 0.3) is 0 Å². The van der Waals surface area contributed by atoms with Crippen LogP contribution >= 0.6 is 0 Å². The van der Waals surface area contributed by atoms with Gasteiger partial charge >= 0.3 is 6.36 Å². The number of carbonyl (C=O) groups excluding carboxylic acids is 1. The largest absolute Gasteiger partial charge is 0.573 e. The Hall–Kier alpha value is -2.90. The first-order valence-electron chi connectivity index (χ1n) is 8.78.